The molecule has 5 heteroatoms. The van der Waals surface area contributed by atoms with Crippen molar-refractivity contribution in [3.63, 3.8) is 0 Å². The van der Waals surface area contributed by atoms with E-state index in [0.29, 0.717) is 29.6 Å². The van der Waals surface area contributed by atoms with Crippen molar-refractivity contribution in [1.82, 2.24) is 14.8 Å². The first kappa shape index (κ1) is 14.9. The molecule has 0 N–H and O–H groups in total. The number of nitrogens with zero attached hydrogens (tertiary/aromatic N) is 3. The second-order valence-corrected chi connectivity index (χ2v) is 7.54. The molecule has 5 nitrogen and oxygen atoms in total. The Balaban J connectivity index is 1.65. The van der Waals surface area contributed by atoms with Crippen LogP contribution in [0.25, 0.3) is 0 Å². The maximum absolute atomic E-state index is 13.1. The molecule has 0 radical (unpaired) electrons. The molecule has 2 saturated heterocycles. The number of amides is 1. The molecule has 4 atom stereocenters. The molecular formula is C18H25N3O2. The molecule has 124 valence electrons. The summed E-state index contributed by atoms with van der Waals surface area (Å²) in [5, 5.41) is 0. The summed E-state index contributed by atoms with van der Waals surface area (Å²) < 4.78 is 5.09. The lowest BCUT2D eigenvalue weighted by Crippen LogP contribution is -2.57. The Morgan fingerprint density at radius 2 is 2.13 bits per heavy atom. The second kappa shape index (κ2) is 5.20. The third-order valence-corrected chi connectivity index (χ3v) is 6.46. The van der Waals surface area contributed by atoms with E-state index in [9.17, 15) is 4.79 Å². The van der Waals surface area contributed by atoms with Crippen LogP contribution in [0.4, 0.5) is 0 Å². The van der Waals surface area contributed by atoms with Crippen LogP contribution >= 0.6 is 0 Å². The highest BCUT2D eigenvalue weighted by Gasteiger charge is 2.59. The molecule has 3 heterocycles. The molecule has 0 spiro atoms. The van der Waals surface area contributed by atoms with Gasteiger partial charge in [0.15, 0.2) is 0 Å². The second-order valence-electron chi connectivity index (χ2n) is 7.54. The predicted octanol–water partition coefficient (Wildman–Crippen LogP) is 2.18. The number of ether oxygens (including phenoxy) is 1. The summed E-state index contributed by atoms with van der Waals surface area (Å²) in [6.45, 7) is 3.24. The monoisotopic (exact) mass is 315 g/mol. The fourth-order valence-corrected chi connectivity index (χ4v) is 5.31. The van der Waals surface area contributed by atoms with Crippen LogP contribution in [-0.4, -0.2) is 59.5 Å². The first-order valence-corrected chi connectivity index (χ1v) is 8.57. The van der Waals surface area contributed by atoms with E-state index in [1.807, 2.05) is 6.07 Å². The van der Waals surface area contributed by atoms with Gasteiger partial charge in [0.2, 0.25) is 5.88 Å². The highest BCUT2D eigenvalue weighted by molar-refractivity contribution is 5.94. The van der Waals surface area contributed by atoms with Crippen LogP contribution in [0.15, 0.2) is 18.3 Å². The van der Waals surface area contributed by atoms with Gasteiger partial charge in [-0.15, -0.1) is 0 Å². The summed E-state index contributed by atoms with van der Waals surface area (Å²) in [6.07, 6.45) is 6.48. The minimum absolute atomic E-state index is 0.122. The molecule has 3 aliphatic rings. The highest BCUT2D eigenvalue weighted by Crippen LogP contribution is 2.53. The summed E-state index contributed by atoms with van der Waals surface area (Å²) in [5.41, 5.74) is 0.909. The van der Waals surface area contributed by atoms with Gasteiger partial charge >= 0.3 is 0 Å². The molecule has 1 amide bonds. The fraction of sp³-hybridized carbons (Fsp3) is 0.667. The lowest BCUT2D eigenvalue weighted by atomic mass is 9.65. The third-order valence-electron chi connectivity index (χ3n) is 6.46. The number of aromatic nitrogens is 1. The zero-order chi connectivity index (χ0) is 16.2. The van der Waals surface area contributed by atoms with Gasteiger partial charge in [-0.2, -0.15) is 0 Å². The molecule has 0 unspecified atom stereocenters. The van der Waals surface area contributed by atoms with Gasteiger partial charge in [-0.1, -0.05) is 6.92 Å². The number of pyridine rings is 1. The summed E-state index contributed by atoms with van der Waals surface area (Å²) >= 11 is 0. The van der Waals surface area contributed by atoms with Gasteiger partial charge in [0.25, 0.3) is 5.91 Å². The van der Waals surface area contributed by atoms with E-state index in [2.05, 4.69) is 28.8 Å². The average molecular weight is 315 g/mol. The maximum Gasteiger partial charge on any atom is 0.255 e. The number of likely N-dealkylation sites (tertiary alicyclic amines) is 2. The molecule has 1 saturated carbocycles. The van der Waals surface area contributed by atoms with Gasteiger partial charge in [-0.05, 0) is 38.8 Å². The molecule has 2 aliphatic heterocycles. The first-order chi connectivity index (χ1) is 11.0. The number of methoxy groups -OCH3 is 1. The highest BCUT2D eigenvalue weighted by atomic mass is 16.5. The van der Waals surface area contributed by atoms with Crippen molar-refractivity contribution >= 4 is 5.91 Å². The number of likely N-dealkylation sites (N-methyl/N-ethyl adjacent to an activating group) is 1. The minimum Gasteiger partial charge on any atom is -0.481 e. The van der Waals surface area contributed by atoms with E-state index in [1.54, 1.807) is 19.4 Å². The van der Waals surface area contributed by atoms with Crippen LogP contribution in [0.5, 0.6) is 5.88 Å². The molecule has 23 heavy (non-hydrogen) atoms. The van der Waals surface area contributed by atoms with E-state index in [1.165, 1.54) is 19.3 Å². The van der Waals surface area contributed by atoms with Crippen molar-refractivity contribution in [3.05, 3.63) is 23.9 Å². The van der Waals surface area contributed by atoms with Crippen molar-refractivity contribution in [2.24, 2.45) is 5.41 Å². The van der Waals surface area contributed by atoms with E-state index in [4.69, 9.17) is 4.74 Å². The van der Waals surface area contributed by atoms with Crippen LogP contribution in [0.1, 0.15) is 43.0 Å². The zero-order valence-corrected chi connectivity index (χ0v) is 14.2. The number of carbonyl (C=O) groups excluding carboxylic acids is 1. The summed E-state index contributed by atoms with van der Waals surface area (Å²) in [4.78, 5) is 22.0. The zero-order valence-electron chi connectivity index (χ0n) is 14.2. The van der Waals surface area contributed by atoms with Crippen molar-refractivity contribution in [2.75, 3.05) is 20.7 Å². The average Bonchev–Trinajstić information content (AvgIpc) is 2.83. The SMILES string of the molecule is COc1ccc(C(=O)N2C[C@@H]3C[C@@]4(C)[C@H](CCC[C@@H]24)N3C)cn1. The lowest BCUT2D eigenvalue weighted by molar-refractivity contribution is 0.0117. The lowest BCUT2D eigenvalue weighted by Gasteiger charge is -2.50. The maximum atomic E-state index is 13.1. The van der Waals surface area contributed by atoms with Gasteiger partial charge in [-0.3, -0.25) is 9.69 Å². The first-order valence-electron chi connectivity index (χ1n) is 8.57. The molecule has 1 aromatic heterocycles. The largest absolute Gasteiger partial charge is 0.481 e. The number of rotatable bonds is 2. The Hall–Kier alpha value is -1.62. The van der Waals surface area contributed by atoms with E-state index < -0.39 is 0 Å². The van der Waals surface area contributed by atoms with E-state index in [0.717, 1.165) is 13.0 Å². The van der Waals surface area contributed by atoms with Crippen molar-refractivity contribution in [3.8, 4) is 5.88 Å². The molecule has 2 bridgehead atoms. The molecule has 0 aromatic carbocycles. The summed E-state index contributed by atoms with van der Waals surface area (Å²) in [6, 6.07) is 5.07. The Kier molecular flexibility index (Phi) is 3.38. The van der Waals surface area contributed by atoms with E-state index in [-0.39, 0.29) is 11.3 Å². The Morgan fingerprint density at radius 3 is 2.83 bits per heavy atom. The standard InChI is InChI=1S/C18H25N3O2/c1-18-9-13-11-21(15(18)6-4-5-14(18)20(13)2)17(22)12-7-8-16(23-3)19-10-12/h7-8,10,13-15H,4-6,9,11H2,1-3H3/t13-,14-,15+,18-/m0/s1. The van der Waals surface area contributed by atoms with Gasteiger partial charge in [0.05, 0.1) is 12.7 Å². The molecule has 1 aliphatic carbocycles. The van der Waals surface area contributed by atoms with Crippen molar-refractivity contribution < 1.29 is 9.53 Å². The van der Waals surface area contributed by atoms with Gasteiger partial charge in [0.1, 0.15) is 0 Å². The van der Waals surface area contributed by atoms with Crippen LogP contribution in [0, 0.1) is 5.41 Å². The summed E-state index contributed by atoms with van der Waals surface area (Å²) in [5.74, 6) is 0.668. The quantitative estimate of drug-likeness (QED) is 0.839. The van der Waals surface area contributed by atoms with Gasteiger partial charge in [-0.25, -0.2) is 4.98 Å². The molecular weight excluding hydrogens is 290 g/mol. The van der Waals surface area contributed by atoms with Crippen molar-refractivity contribution in [1.29, 1.82) is 0 Å². The van der Waals surface area contributed by atoms with Crippen LogP contribution in [0.2, 0.25) is 0 Å². The predicted molar refractivity (Wildman–Crippen MR) is 87.5 cm³/mol. The topological polar surface area (TPSA) is 45.7 Å². The van der Waals surface area contributed by atoms with Crippen LogP contribution in [0.3, 0.4) is 0 Å². The number of fused-ring (bicyclic) bond motifs is 1. The van der Waals surface area contributed by atoms with Gasteiger partial charge in [0, 0.05) is 42.3 Å². The number of carbonyl (C=O) groups is 1. The normalized spacial score (nSPS) is 36.1. The van der Waals surface area contributed by atoms with E-state index >= 15 is 0 Å². The Bertz CT molecular complexity index is 617. The number of hydrogen-bond acceptors (Lipinski definition) is 4. The summed E-state index contributed by atoms with van der Waals surface area (Å²) in [7, 11) is 3.83. The number of piperidine rings is 1. The molecule has 3 fully saturated rings. The Labute approximate surface area is 137 Å². The van der Waals surface area contributed by atoms with Crippen LogP contribution < -0.4 is 4.74 Å². The molecule has 4 rings (SSSR count). The molecule has 1 aromatic rings. The minimum atomic E-state index is 0.122. The van der Waals surface area contributed by atoms with Gasteiger partial charge < -0.3 is 9.64 Å². The number of hydrogen-bond donors (Lipinski definition) is 0. The van der Waals surface area contributed by atoms with Crippen molar-refractivity contribution in [2.45, 2.75) is 50.7 Å². The third kappa shape index (κ3) is 2.09. The van der Waals surface area contributed by atoms with Crippen LogP contribution in [-0.2, 0) is 0 Å². The smallest absolute Gasteiger partial charge is 0.255 e. The fourth-order valence-electron chi connectivity index (χ4n) is 5.31. The Morgan fingerprint density at radius 1 is 1.35 bits per heavy atom.